The van der Waals surface area contributed by atoms with Gasteiger partial charge in [-0.25, -0.2) is 0 Å². The molecule has 1 atom stereocenters. The Bertz CT molecular complexity index is 1220. The van der Waals surface area contributed by atoms with Crippen molar-refractivity contribution in [2.45, 2.75) is 44.8 Å². The summed E-state index contributed by atoms with van der Waals surface area (Å²) in [5, 5.41) is 10.9. The maximum atomic E-state index is 13.0. The second kappa shape index (κ2) is 7.56. The van der Waals surface area contributed by atoms with Crippen LogP contribution in [-0.4, -0.2) is 39.2 Å². The van der Waals surface area contributed by atoms with Crippen LogP contribution in [0.4, 0.5) is 13.2 Å². The maximum absolute atomic E-state index is 13.0. The van der Waals surface area contributed by atoms with Crippen molar-refractivity contribution < 1.29 is 23.1 Å². The molecular formula is C22H22F3N3O3. The second-order valence-corrected chi connectivity index (χ2v) is 8.03. The van der Waals surface area contributed by atoms with Gasteiger partial charge in [-0.1, -0.05) is 12.1 Å². The van der Waals surface area contributed by atoms with Crippen LogP contribution >= 0.6 is 0 Å². The number of benzene rings is 1. The van der Waals surface area contributed by atoms with E-state index in [9.17, 15) is 22.8 Å². The predicted octanol–water partition coefficient (Wildman–Crippen LogP) is 3.44. The third-order valence-electron chi connectivity index (χ3n) is 5.73. The molecule has 0 radical (unpaired) electrons. The van der Waals surface area contributed by atoms with Crippen LogP contribution in [0.5, 0.6) is 0 Å². The quantitative estimate of drug-likeness (QED) is 0.576. The van der Waals surface area contributed by atoms with Crippen LogP contribution in [0.3, 0.4) is 0 Å². The lowest BCUT2D eigenvalue weighted by Gasteiger charge is -2.19. The van der Waals surface area contributed by atoms with Crippen molar-refractivity contribution in [3.63, 3.8) is 0 Å². The van der Waals surface area contributed by atoms with Crippen molar-refractivity contribution in [3.05, 3.63) is 63.2 Å². The molecule has 9 heteroatoms. The van der Waals surface area contributed by atoms with Crippen LogP contribution in [0.1, 0.15) is 45.8 Å². The third-order valence-corrected chi connectivity index (χ3v) is 5.73. The van der Waals surface area contributed by atoms with Gasteiger partial charge in [-0.3, -0.25) is 9.59 Å². The number of nitrogens with zero attached hydrogens (tertiary/aromatic N) is 1. The molecule has 0 bridgehead atoms. The number of nitrogens with one attached hydrogen (secondary N) is 2. The molecule has 0 spiro atoms. The lowest BCUT2D eigenvalue weighted by atomic mass is 10.0. The molecule has 2 aromatic heterocycles. The summed E-state index contributed by atoms with van der Waals surface area (Å²) in [6.07, 6.45) is -0.223. The number of fused-ring (bicyclic) bond motifs is 1. The average Bonchev–Trinajstić information content (AvgIpc) is 3.46. The molecule has 1 amide bonds. The molecule has 1 aliphatic rings. The summed E-state index contributed by atoms with van der Waals surface area (Å²) < 4.78 is 40.5. The van der Waals surface area contributed by atoms with E-state index in [1.54, 1.807) is 6.20 Å². The van der Waals surface area contributed by atoms with Crippen LogP contribution in [0.2, 0.25) is 0 Å². The van der Waals surface area contributed by atoms with E-state index in [0.717, 1.165) is 29.5 Å². The SMILES string of the molecule is Cc1ccc(-c2cn3cc(C(=O)NC(CO)C(F)(F)F)c(C4CC4)c3c(=O)[nH]2)cc1C. The van der Waals surface area contributed by atoms with Gasteiger partial charge in [-0.05, 0) is 60.9 Å². The molecule has 1 saturated carbocycles. The molecule has 1 unspecified atom stereocenters. The number of rotatable bonds is 5. The Kier molecular flexibility index (Phi) is 5.17. The standard InChI is InChI=1S/C22H22F3N3O3/c1-11-3-4-14(7-12(11)2)16-9-28-8-15(20(30)27-17(10-29)22(23,24)25)18(13-5-6-13)19(28)21(31)26-16/h3-4,7-9,13,17,29H,5-6,10H2,1-2H3,(H,26,31)(H,27,30). The van der Waals surface area contributed by atoms with Crippen molar-refractivity contribution in [1.29, 1.82) is 0 Å². The first-order chi connectivity index (χ1) is 14.6. The van der Waals surface area contributed by atoms with Gasteiger partial charge in [0.1, 0.15) is 11.6 Å². The Hall–Kier alpha value is -3.07. The minimum Gasteiger partial charge on any atom is -0.394 e. The van der Waals surface area contributed by atoms with Crippen LogP contribution in [0, 0.1) is 13.8 Å². The molecule has 3 aromatic rings. The number of carbonyl (C=O) groups excluding carboxylic acids is 1. The van der Waals surface area contributed by atoms with Crippen molar-refractivity contribution in [1.82, 2.24) is 14.7 Å². The first-order valence-electron chi connectivity index (χ1n) is 9.94. The van der Waals surface area contributed by atoms with E-state index in [1.807, 2.05) is 37.4 Å². The first kappa shape index (κ1) is 21.2. The highest BCUT2D eigenvalue weighted by molar-refractivity contribution is 5.98. The van der Waals surface area contributed by atoms with Gasteiger partial charge in [0.05, 0.1) is 17.9 Å². The van der Waals surface area contributed by atoms with Crippen molar-refractivity contribution in [2.24, 2.45) is 0 Å². The number of alkyl halides is 3. The van der Waals surface area contributed by atoms with Crippen molar-refractivity contribution in [2.75, 3.05) is 6.61 Å². The number of aliphatic hydroxyl groups is 1. The summed E-state index contributed by atoms with van der Waals surface area (Å²) in [5.41, 5.74) is 3.79. The molecule has 0 saturated heterocycles. The third kappa shape index (κ3) is 3.97. The van der Waals surface area contributed by atoms with Gasteiger partial charge >= 0.3 is 6.18 Å². The summed E-state index contributed by atoms with van der Waals surface area (Å²) in [6.45, 7) is 2.67. The number of amides is 1. The number of carbonyl (C=O) groups is 1. The molecule has 2 heterocycles. The Morgan fingerprint density at radius 1 is 1.26 bits per heavy atom. The average molecular weight is 433 g/mol. The zero-order valence-corrected chi connectivity index (χ0v) is 17.0. The van der Waals surface area contributed by atoms with Gasteiger partial charge in [0.25, 0.3) is 11.5 Å². The Labute approximate surface area is 175 Å². The largest absolute Gasteiger partial charge is 0.410 e. The van der Waals surface area contributed by atoms with E-state index in [1.165, 1.54) is 10.6 Å². The van der Waals surface area contributed by atoms with Gasteiger partial charge in [0, 0.05) is 12.4 Å². The van der Waals surface area contributed by atoms with Gasteiger partial charge in [-0.2, -0.15) is 13.2 Å². The lowest BCUT2D eigenvalue weighted by Crippen LogP contribution is -2.47. The number of halogens is 3. The molecule has 164 valence electrons. The molecule has 6 nitrogen and oxygen atoms in total. The normalized spacial score (nSPS) is 15.3. The van der Waals surface area contributed by atoms with Gasteiger partial charge in [-0.15, -0.1) is 0 Å². The van der Waals surface area contributed by atoms with Gasteiger partial charge in [0.15, 0.2) is 0 Å². The highest BCUT2D eigenvalue weighted by atomic mass is 19.4. The fourth-order valence-electron chi connectivity index (χ4n) is 3.72. The summed E-state index contributed by atoms with van der Waals surface area (Å²) in [4.78, 5) is 28.4. The van der Waals surface area contributed by atoms with E-state index in [2.05, 4.69) is 4.98 Å². The summed E-state index contributed by atoms with van der Waals surface area (Å²) in [7, 11) is 0. The smallest absolute Gasteiger partial charge is 0.394 e. The number of aromatic nitrogens is 2. The van der Waals surface area contributed by atoms with Gasteiger partial charge < -0.3 is 19.8 Å². The predicted molar refractivity (Wildman–Crippen MR) is 109 cm³/mol. The first-order valence-corrected chi connectivity index (χ1v) is 9.94. The minimum absolute atomic E-state index is 0.0212. The van der Waals surface area contributed by atoms with Gasteiger partial charge in [0.2, 0.25) is 0 Å². The van der Waals surface area contributed by atoms with E-state index >= 15 is 0 Å². The fraction of sp³-hybridized carbons (Fsp3) is 0.364. The summed E-state index contributed by atoms with van der Waals surface area (Å²) in [6, 6.07) is 3.36. The Morgan fingerprint density at radius 2 is 1.97 bits per heavy atom. The molecule has 3 N–H and O–H groups in total. The number of H-pyrrole nitrogens is 1. The van der Waals surface area contributed by atoms with Crippen LogP contribution < -0.4 is 10.9 Å². The monoisotopic (exact) mass is 433 g/mol. The zero-order valence-electron chi connectivity index (χ0n) is 17.0. The Balaban J connectivity index is 1.81. The highest BCUT2D eigenvalue weighted by Gasteiger charge is 2.41. The maximum Gasteiger partial charge on any atom is 0.410 e. The lowest BCUT2D eigenvalue weighted by molar-refractivity contribution is -0.161. The fourth-order valence-corrected chi connectivity index (χ4v) is 3.72. The van der Waals surface area contributed by atoms with Crippen molar-refractivity contribution >= 4 is 11.4 Å². The van der Waals surface area contributed by atoms with E-state index < -0.39 is 30.3 Å². The van der Waals surface area contributed by atoms with E-state index in [-0.39, 0.29) is 17.0 Å². The highest BCUT2D eigenvalue weighted by Crippen LogP contribution is 2.44. The topological polar surface area (TPSA) is 86.6 Å². The van der Waals surface area contributed by atoms with Crippen LogP contribution in [0.25, 0.3) is 16.8 Å². The molecular weight excluding hydrogens is 411 g/mol. The minimum atomic E-state index is -4.78. The van der Waals surface area contributed by atoms with Crippen LogP contribution in [-0.2, 0) is 0 Å². The number of aliphatic hydroxyl groups excluding tert-OH is 1. The second-order valence-electron chi connectivity index (χ2n) is 8.03. The molecule has 31 heavy (non-hydrogen) atoms. The summed E-state index contributed by atoms with van der Waals surface area (Å²) in [5.74, 6) is -1.02. The molecule has 0 aliphatic heterocycles. The van der Waals surface area contributed by atoms with Crippen molar-refractivity contribution in [3.8, 4) is 11.3 Å². The van der Waals surface area contributed by atoms with Crippen LogP contribution in [0.15, 0.2) is 35.4 Å². The molecule has 4 rings (SSSR count). The molecule has 1 fully saturated rings. The van der Waals surface area contributed by atoms with E-state index in [0.29, 0.717) is 11.3 Å². The number of aromatic amines is 1. The number of aryl methyl sites for hydroxylation is 2. The zero-order chi connectivity index (χ0) is 22.5. The Morgan fingerprint density at radius 3 is 2.55 bits per heavy atom. The number of hydrogen-bond donors (Lipinski definition) is 3. The van der Waals surface area contributed by atoms with E-state index in [4.69, 9.17) is 5.11 Å². The molecule has 1 aromatic carbocycles. The molecule has 1 aliphatic carbocycles. The number of hydrogen-bond acceptors (Lipinski definition) is 3. The summed E-state index contributed by atoms with van der Waals surface area (Å²) >= 11 is 0.